The molecule has 0 unspecified atom stereocenters. The maximum Gasteiger partial charge on any atom is 0.236 e. The lowest BCUT2D eigenvalue weighted by Gasteiger charge is -2.32. The molecule has 0 aliphatic carbocycles. The summed E-state index contributed by atoms with van der Waals surface area (Å²) in [5.41, 5.74) is 1.83. The van der Waals surface area contributed by atoms with Crippen LogP contribution in [0.25, 0.3) is 0 Å². The first kappa shape index (κ1) is 21.3. The van der Waals surface area contributed by atoms with E-state index >= 15 is 0 Å². The molecule has 1 N–H and O–H groups in total. The van der Waals surface area contributed by atoms with Gasteiger partial charge in [-0.1, -0.05) is 72.8 Å². The van der Waals surface area contributed by atoms with Crippen molar-refractivity contribution in [2.75, 3.05) is 5.75 Å². The van der Waals surface area contributed by atoms with E-state index in [0.29, 0.717) is 11.1 Å². The van der Waals surface area contributed by atoms with Gasteiger partial charge in [-0.05, 0) is 35.7 Å². The zero-order valence-corrected chi connectivity index (χ0v) is 17.4. The van der Waals surface area contributed by atoms with Crippen molar-refractivity contribution in [3.05, 3.63) is 107 Å². The Morgan fingerprint density at radius 3 is 1.87 bits per heavy atom. The van der Waals surface area contributed by atoms with Crippen LogP contribution < -0.4 is 5.32 Å². The lowest BCUT2D eigenvalue weighted by molar-refractivity contribution is -0.120. The fraction of sp³-hybridized carbons (Fsp3) is 0.167. The van der Waals surface area contributed by atoms with E-state index in [0.717, 1.165) is 11.1 Å². The van der Waals surface area contributed by atoms with Crippen molar-refractivity contribution >= 4 is 15.7 Å². The quantitative estimate of drug-likeness (QED) is 0.636. The van der Waals surface area contributed by atoms with E-state index in [1.54, 1.807) is 24.3 Å². The summed E-state index contributed by atoms with van der Waals surface area (Å²) in [4.78, 5) is 12.8. The predicted molar refractivity (Wildman–Crippen MR) is 116 cm³/mol. The number of hydrogen-bond donors (Lipinski definition) is 1. The summed E-state index contributed by atoms with van der Waals surface area (Å²) in [6.45, 7) is 1.86. The Hall–Kier alpha value is -3.43. The number of hydrogen-bond acceptors (Lipinski definition) is 4. The predicted octanol–water partition coefficient (Wildman–Crippen LogP) is 3.55. The van der Waals surface area contributed by atoms with Gasteiger partial charge >= 0.3 is 0 Å². The highest BCUT2D eigenvalue weighted by Gasteiger charge is 2.32. The van der Waals surface area contributed by atoms with Crippen LogP contribution in [0.4, 0.5) is 0 Å². The van der Waals surface area contributed by atoms with Crippen LogP contribution >= 0.6 is 0 Å². The minimum absolute atomic E-state index is 0.264. The fourth-order valence-electron chi connectivity index (χ4n) is 3.35. The first-order chi connectivity index (χ1) is 14.3. The standard InChI is InChI=1S/C24H22N2O3S/c1-24(21-8-4-2-5-9-21,22-10-6-3-7-11-22)26-23(27)18-30(28,29)17-20-14-12-19(16-25)13-15-20/h2-15H,17-18H2,1H3,(H,26,27). The summed E-state index contributed by atoms with van der Waals surface area (Å²) in [5, 5.41) is 11.8. The Kier molecular flexibility index (Phi) is 6.34. The second-order valence-electron chi connectivity index (χ2n) is 7.25. The number of nitriles is 1. The van der Waals surface area contributed by atoms with Crippen molar-refractivity contribution < 1.29 is 13.2 Å². The van der Waals surface area contributed by atoms with Crippen LogP contribution in [-0.4, -0.2) is 20.1 Å². The SMILES string of the molecule is CC(NC(=O)CS(=O)(=O)Cc1ccc(C#N)cc1)(c1ccccc1)c1ccccc1. The molecule has 0 aromatic heterocycles. The van der Waals surface area contributed by atoms with Crippen molar-refractivity contribution in [1.29, 1.82) is 5.26 Å². The Morgan fingerprint density at radius 2 is 1.40 bits per heavy atom. The fourth-order valence-corrected chi connectivity index (χ4v) is 4.62. The van der Waals surface area contributed by atoms with Gasteiger partial charge in [0.05, 0.1) is 22.9 Å². The van der Waals surface area contributed by atoms with Gasteiger partial charge in [0.1, 0.15) is 5.75 Å². The molecule has 0 bridgehead atoms. The number of nitrogens with one attached hydrogen (secondary N) is 1. The van der Waals surface area contributed by atoms with Crippen molar-refractivity contribution in [2.45, 2.75) is 18.2 Å². The van der Waals surface area contributed by atoms with Crippen LogP contribution in [-0.2, 0) is 25.9 Å². The lowest BCUT2D eigenvalue weighted by atomic mass is 9.84. The van der Waals surface area contributed by atoms with Crippen molar-refractivity contribution in [1.82, 2.24) is 5.32 Å². The molecule has 1 amide bonds. The first-order valence-corrected chi connectivity index (χ1v) is 11.3. The highest BCUT2D eigenvalue weighted by molar-refractivity contribution is 7.91. The second-order valence-corrected chi connectivity index (χ2v) is 9.31. The highest BCUT2D eigenvalue weighted by atomic mass is 32.2. The summed E-state index contributed by atoms with van der Waals surface area (Å²) in [7, 11) is -3.69. The molecule has 0 fully saturated rings. The van der Waals surface area contributed by atoms with Crippen molar-refractivity contribution in [2.24, 2.45) is 0 Å². The molecule has 0 radical (unpaired) electrons. The van der Waals surface area contributed by atoms with E-state index in [9.17, 15) is 13.2 Å². The molecular weight excluding hydrogens is 396 g/mol. The zero-order chi connectivity index (χ0) is 21.6. The minimum Gasteiger partial charge on any atom is -0.342 e. The molecule has 0 heterocycles. The Balaban J connectivity index is 1.80. The third-order valence-electron chi connectivity index (χ3n) is 4.91. The average molecular weight is 419 g/mol. The molecule has 3 aromatic rings. The van der Waals surface area contributed by atoms with Crippen LogP contribution in [0.3, 0.4) is 0 Å². The third-order valence-corrected chi connectivity index (χ3v) is 6.39. The molecule has 3 rings (SSSR count). The van der Waals surface area contributed by atoms with Gasteiger partial charge in [-0.2, -0.15) is 5.26 Å². The summed E-state index contributed by atoms with van der Waals surface area (Å²) >= 11 is 0. The smallest absolute Gasteiger partial charge is 0.236 e. The van der Waals surface area contributed by atoms with E-state index in [1.165, 1.54) is 0 Å². The molecule has 6 heteroatoms. The van der Waals surface area contributed by atoms with Gasteiger partial charge in [-0.25, -0.2) is 8.42 Å². The van der Waals surface area contributed by atoms with Gasteiger partial charge in [0.25, 0.3) is 0 Å². The lowest BCUT2D eigenvalue weighted by Crippen LogP contribution is -2.46. The Labute approximate surface area is 176 Å². The molecule has 5 nitrogen and oxygen atoms in total. The van der Waals surface area contributed by atoms with Crippen LogP contribution in [0.15, 0.2) is 84.9 Å². The third kappa shape index (κ3) is 5.13. The summed E-state index contributed by atoms with van der Waals surface area (Å²) in [5.74, 6) is -1.46. The Morgan fingerprint density at radius 1 is 0.900 bits per heavy atom. The van der Waals surface area contributed by atoms with Gasteiger partial charge in [0.2, 0.25) is 5.91 Å². The molecule has 0 aliphatic rings. The van der Waals surface area contributed by atoms with Crippen LogP contribution in [0.2, 0.25) is 0 Å². The molecule has 30 heavy (non-hydrogen) atoms. The summed E-state index contributed by atoms with van der Waals surface area (Å²) < 4.78 is 25.2. The van der Waals surface area contributed by atoms with Gasteiger partial charge in [-0.15, -0.1) is 0 Å². The maximum absolute atomic E-state index is 12.8. The van der Waals surface area contributed by atoms with Crippen LogP contribution in [0.1, 0.15) is 29.2 Å². The number of nitrogens with zero attached hydrogens (tertiary/aromatic N) is 1. The van der Waals surface area contributed by atoms with Crippen molar-refractivity contribution in [3.63, 3.8) is 0 Å². The van der Waals surface area contributed by atoms with E-state index in [1.807, 2.05) is 73.7 Å². The highest BCUT2D eigenvalue weighted by Crippen LogP contribution is 2.29. The monoisotopic (exact) mass is 418 g/mol. The van der Waals surface area contributed by atoms with E-state index in [4.69, 9.17) is 5.26 Å². The number of carbonyl (C=O) groups is 1. The van der Waals surface area contributed by atoms with Crippen LogP contribution in [0, 0.1) is 11.3 Å². The normalized spacial score (nSPS) is 11.5. The first-order valence-electron chi connectivity index (χ1n) is 9.44. The van der Waals surface area contributed by atoms with Crippen LogP contribution in [0.5, 0.6) is 0 Å². The average Bonchev–Trinajstić information content (AvgIpc) is 2.74. The van der Waals surface area contributed by atoms with E-state index in [2.05, 4.69) is 5.32 Å². The maximum atomic E-state index is 12.8. The zero-order valence-electron chi connectivity index (χ0n) is 16.6. The molecule has 0 saturated heterocycles. The number of benzene rings is 3. The molecule has 0 spiro atoms. The van der Waals surface area contributed by atoms with Gasteiger partial charge in [-0.3, -0.25) is 4.79 Å². The summed E-state index contributed by atoms with van der Waals surface area (Å²) in [6, 6.07) is 27.2. The number of amides is 1. The number of carbonyl (C=O) groups excluding carboxylic acids is 1. The van der Waals surface area contributed by atoms with Crippen molar-refractivity contribution in [3.8, 4) is 6.07 Å². The topological polar surface area (TPSA) is 87.0 Å². The van der Waals surface area contributed by atoms with E-state index in [-0.39, 0.29) is 5.75 Å². The van der Waals surface area contributed by atoms with E-state index < -0.39 is 27.0 Å². The number of sulfone groups is 1. The molecule has 0 atom stereocenters. The molecular formula is C24H22N2O3S. The molecule has 3 aromatic carbocycles. The van der Waals surface area contributed by atoms with Gasteiger partial charge in [0.15, 0.2) is 9.84 Å². The Bertz CT molecular complexity index is 1110. The number of rotatable bonds is 7. The largest absolute Gasteiger partial charge is 0.342 e. The van der Waals surface area contributed by atoms with Gasteiger partial charge < -0.3 is 5.32 Å². The molecule has 0 aliphatic heterocycles. The minimum atomic E-state index is -3.69. The summed E-state index contributed by atoms with van der Waals surface area (Å²) in [6.07, 6.45) is 0. The second kappa shape index (κ2) is 8.93. The molecule has 152 valence electrons. The molecule has 0 saturated carbocycles. The van der Waals surface area contributed by atoms with Gasteiger partial charge in [0, 0.05) is 0 Å².